The summed E-state index contributed by atoms with van der Waals surface area (Å²) in [6, 6.07) is 12.6. The van der Waals surface area contributed by atoms with Crippen LogP contribution in [0.3, 0.4) is 0 Å². The third-order valence-electron chi connectivity index (χ3n) is 9.86. The number of aryl methyl sites for hydroxylation is 1. The second kappa shape index (κ2) is 13.3. The van der Waals surface area contributed by atoms with Gasteiger partial charge in [-0.3, -0.25) is 14.4 Å². The summed E-state index contributed by atoms with van der Waals surface area (Å²) in [5.74, 6) is -0.560. The van der Waals surface area contributed by atoms with Gasteiger partial charge < -0.3 is 29.2 Å². The van der Waals surface area contributed by atoms with Crippen LogP contribution < -0.4 is 10.9 Å². The second-order valence-corrected chi connectivity index (χ2v) is 13.7. The van der Waals surface area contributed by atoms with Crippen molar-refractivity contribution in [1.82, 2.24) is 43.8 Å². The van der Waals surface area contributed by atoms with E-state index >= 15 is 0 Å². The fourth-order valence-electron chi connectivity index (χ4n) is 7.24. The molecule has 0 unspecified atom stereocenters. The van der Waals surface area contributed by atoms with Crippen LogP contribution in [0.25, 0.3) is 28.6 Å². The molecule has 282 valence electrons. The standard InChI is InChI=1S/C36H30ClF3N10O5/c1-19-29-27(35(55-19)11-14-48(15-12-35)33(54)28-25(51)4-3-13-41-28)32(53)50-34(44-30(46-50)20-5-7-21(8-6-20)31-45-42-18-47(31)2)49(29)17-26(52)43-24-10-9-22(16-23(24)37)36(38,39)40/h3-10,13,16,18-19,51H,11-12,14-15,17H2,1-2H3,(H,43,52)/t19-/m1/s1. The number of hydrogen-bond donors (Lipinski definition) is 2. The number of fused-ring (bicyclic) bond motifs is 3. The minimum atomic E-state index is -4.63. The van der Waals surface area contributed by atoms with Gasteiger partial charge in [0.05, 0.1) is 33.6 Å². The molecule has 1 saturated heterocycles. The molecule has 1 spiro atoms. The van der Waals surface area contributed by atoms with Crippen LogP contribution in [0.1, 0.15) is 53.2 Å². The molecule has 0 aliphatic carbocycles. The Balaban J connectivity index is 1.18. The Morgan fingerprint density at radius 2 is 1.82 bits per heavy atom. The SMILES string of the molecule is C[C@H]1OC2(CCN(C(=O)c3ncccc3O)CC2)c2c1n(CC(=O)Nc1ccc(C(F)(F)F)cc1Cl)c1nc(-c3ccc(-c4nncn4C)cc3)nn1c2=O. The molecule has 55 heavy (non-hydrogen) atoms. The molecular weight excluding hydrogens is 745 g/mol. The number of amides is 2. The number of aromatic hydroxyl groups is 1. The van der Waals surface area contributed by atoms with E-state index in [1.807, 2.05) is 19.2 Å². The lowest BCUT2D eigenvalue weighted by atomic mass is 9.85. The molecule has 0 saturated carbocycles. The highest BCUT2D eigenvalue weighted by Gasteiger charge is 2.50. The van der Waals surface area contributed by atoms with E-state index in [1.165, 1.54) is 27.8 Å². The third-order valence-corrected chi connectivity index (χ3v) is 10.2. The number of aromatic nitrogens is 8. The summed E-state index contributed by atoms with van der Waals surface area (Å²) < 4.78 is 50.8. The highest BCUT2D eigenvalue weighted by molar-refractivity contribution is 6.33. The molecule has 1 fully saturated rings. The second-order valence-electron chi connectivity index (χ2n) is 13.3. The number of piperidine rings is 1. The van der Waals surface area contributed by atoms with E-state index in [0.29, 0.717) is 17.1 Å². The van der Waals surface area contributed by atoms with E-state index in [1.54, 1.807) is 30.0 Å². The number of pyridine rings is 1. The monoisotopic (exact) mass is 774 g/mol. The Kier molecular flexibility index (Phi) is 8.68. The summed E-state index contributed by atoms with van der Waals surface area (Å²) >= 11 is 6.15. The molecule has 1 atom stereocenters. The van der Waals surface area contributed by atoms with E-state index in [0.717, 1.165) is 28.3 Å². The van der Waals surface area contributed by atoms with Crippen LogP contribution in [-0.2, 0) is 34.9 Å². The molecule has 2 aromatic carbocycles. The predicted molar refractivity (Wildman–Crippen MR) is 190 cm³/mol. The summed E-state index contributed by atoms with van der Waals surface area (Å²) in [4.78, 5) is 51.7. The zero-order chi connectivity index (χ0) is 38.8. The van der Waals surface area contributed by atoms with Gasteiger partial charge >= 0.3 is 6.18 Å². The van der Waals surface area contributed by atoms with Gasteiger partial charge in [-0.2, -0.15) is 22.7 Å². The molecule has 0 radical (unpaired) electrons. The van der Waals surface area contributed by atoms with Gasteiger partial charge in [-0.25, -0.2) is 4.98 Å². The number of nitrogens with one attached hydrogen (secondary N) is 1. The first-order valence-electron chi connectivity index (χ1n) is 17.0. The van der Waals surface area contributed by atoms with Gasteiger partial charge in [-0.1, -0.05) is 35.9 Å². The number of rotatable bonds is 6. The number of hydrogen-bond acceptors (Lipinski definition) is 10. The summed E-state index contributed by atoms with van der Waals surface area (Å²) in [6.45, 7) is 1.61. The zero-order valence-corrected chi connectivity index (χ0v) is 29.8. The Morgan fingerprint density at radius 3 is 2.47 bits per heavy atom. The van der Waals surface area contributed by atoms with Gasteiger partial charge in [0.2, 0.25) is 11.7 Å². The van der Waals surface area contributed by atoms with Crippen molar-refractivity contribution in [2.75, 3.05) is 18.4 Å². The largest absolute Gasteiger partial charge is 0.505 e. The number of nitrogens with zero attached hydrogens (tertiary/aromatic N) is 9. The number of likely N-dealkylation sites (tertiary alicyclic amines) is 1. The Morgan fingerprint density at radius 1 is 1.09 bits per heavy atom. The van der Waals surface area contributed by atoms with Gasteiger partial charge in [-0.15, -0.1) is 15.3 Å². The maximum absolute atomic E-state index is 14.5. The lowest BCUT2D eigenvalue weighted by molar-refractivity contribution is -0.137. The number of ether oxygens (including phenoxy) is 1. The number of alkyl halides is 3. The molecule has 2 N–H and O–H groups in total. The van der Waals surface area contributed by atoms with E-state index in [2.05, 4.69) is 25.6 Å². The van der Waals surface area contributed by atoms with Crippen LogP contribution in [0, 0.1) is 0 Å². The van der Waals surface area contributed by atoms with Crippen LogP contribution in [0.2, 0.25) is 5.02 Å². The van der Waals surface area contributed by atoms with E-state index < -0.39 is 47.4 Å². The molecule has 2 amide bonds. The van der Waals surface area contributed by atoms with Crippen molar-refractivity contribution in [1.29, 1.82) is 0 Å². The van der Waals surface area contributed by atoms with Crippen molar-refractivity contribution < 1.29 is 32.6 Å². The van der Waals surface area contributed by atoms with Gasteiger partial charge in [-0.05, 0) is 50.1 Å². The first-order chi connectivity index (χ1) is 26.2. The predicted octanol–water partition coefficient (Wildman–Crippen LogP) is 4.99. The lowest BCUT2D eigenvalue weighted by Crippen LogP contribution is -2.47. The highest BCUT2D eigenvalue weighted by atomic mass is 35.5. The van der Waals surface area contributed by atoms with Crippen LogP contribution >= 0.6 is 11.6 Å². The summed E-state index contributed by atoms with van der Waals surface area (Å²) in [5, 5.41) is 25.1. The van der Waals surface area contributed by atoms with Crippen molar-refractivity contribution in [3.05, 3.63) is 105 Å². The Labute approximate surface area is 314 Å². The molecule has 19 heteroatoms. The molecule has 4 aromatic heterocycles. The first-order valence-corrected chi connectivity index (χ1v) is 17.4. The quantitative estimate of drug-likeness (QED) is 0.235. The number of carbonyl (C=O) groups is 2. The van der Waals surface area contributed by atoms with Gasteiger partial charge in [0.15, 0.2) is 17.3 Å². The molecule has 8 rings (SSSR count). The smallest absolute Gasteiger partial charge is 0.416 e. The van der Waals surface area contributed by atoms with Gasteiger partial charge in [0.1, 0.15) is 24.2 Å². The Hall–Kier alpha value is -6.14. The molecule has 6 heterocycles. The maximum Gasteiger partial charge on any atom is 0.416 e. The van der Waals surface area contributed by atoms with E-state index in [9.17, 15) is 32.7 Å². The molecule has 2 aliphatic heterocycles. The van der Waals surface area contributed by atoms with E-state index in [4.69, 9.17) is 21.3 Å². The normalized spacial score (nSPS) is 16.5. The number of benzene rings is 2. The van der Waals surface area contributed by atoms with Crippen LogP contribution in [0.4, 0.5) is 18.9 Å². The number of anilines is 1. The minimum absolute atomic E-state index is 0.0236. The Bertz CT molecular complexity index is 2560. The molecule has 2 aliphatic rings. The fraction of sp³-hybridized carbons (Fsp3) is 0.278. The minimum Gasteiger partial charge on any atom is -0.505 e. The fourth-order valence-corrected chi connectivity index (χ4v) is 7.47. The molecule has 6 aromatic rings. The average Bonchev–Trinajstić information content (AvgIpc) is 3.87. The van der Waals surface area contributed by atoms with Crippen molar-refractivity contribution >= 4 is 34.9 Å². The van der Waals surface area contributed by atoms with E-state index in [-0.39, 0.29) is 65.3 Å². The highest BCUT2D eigenvalue weighted by Crippen LogP contribution is 2.48. The third kappa shape index (κ3) is 6.25. The van der Waals surface area contributed by atoms with Gasteiger partial charge in [0.25, 0.3) is 11.5 Å². The van der Waals surface area contributed by atoms with Crippen LogP contribution in [0.15, 0.2) is 71.9 Å². The molecule has 15 nitrogen and oxygen atoms in total. The lowest BCUT2D eigenvalue weighted by Gasteiger charge is -2.39. The van der Waals surface area contributed by atoms with Crippen molar-refractivity contribution in [3.63, 3.8) is 0 Å². The summed E-state index contributed by atoms with van der Waals surface area (Å²) in [5.41, 5.74) is -0.865. The van der Waals surface area contributed by atoms with Crippen molar-refractivity contribution in [2.45, 2.75) is 44.2 Å². The average molecular weight is 775 g/mol. The molecular formula is C36H30ClF3N10O5. The van der Waals surface area contributed by atoms with Crippen LogP contribution in [-0.4, -0.2) is 73.8 Å². The topological polar surface area (TPSA) is 175 Å². The van der Waals surface area contributed by atoms with Crippen LogP contribution in [0.5, 0.6) is 5.75 Å². The summed E-state index contributed by atoms with van der Waals surface area (Å²) in [6.07, 6.45) is -1.99. The zero-order valence-electron chi connectivity index (χ0n) is 29.1. The first kappa shape index (κ1) is 35.9. The molecule has 0 bridgehead atoms. The summed E-state index contributed by atoms with van der Waals surface area (Å²) in [7, 11) is 1.81. The number of halogens is 4. The van der Waals surface area contributed by atoms with Crippen molar-refractivity contribution in [2.24, 2.45) is 7.05 Å². The number of carbonyl (C=O) groups excluding carboxylic acids is 2. The maximum atomic E-state index is 14.5. The van der Waals surface area contributed by atoms with Crippen molar-refractivity contribution in [3.8, 4) is 28.5 Å². The van der Waals surface area contributed by atoms with Gasteiger partial charge in [0, 0.05) is 37.5 Å².